The third kappa shape index (κ3) is 2.54. The molecule has 0 saturated carbocycles. The summed E-state index contributed by atoms with van der Waals surface area (Å²) < 4.78 is 15.4. The number of hydrogen-bond donors (Lipinski definition) is 1. The van der Waals surface area contributed by atoms with Crippen LogP contribution in [-0.2, 0) is 13.7 Å². The fourth-order valence-corrected chi connectivity index (χ4v) is 2.01. The lowest BCUT2D eigenvalue weighted by atomic mass is 10.3. The Morgan fingerprint density at radius 1 is 1.52 bits per heavy atom. The number of rotatable bonds is 4. The number of aromatic nitrogens is 8. The molecule has 10 nitrogen and oxygen atoms in total. The molecule has 0 radical (unpaired) electrons. The van der Waals surface area contributed by atoms with Crippen molar-refractivity contribution in [3.8, 4) is 11.6 Å². The van der Waals surface area contributed by atoms with Crippen molar-refractivity contribution < 1.29 is 6.15 Å². The summed E-state index contributed by atoms with van der Waals surface area (Å²) in [5.74, 6) is 0.274. The van der Waals surface area contributed by atoms with E-state index in [9.17, 15) is 4.79 Å². The highest BCUT2D eigenvalue weighted by molar-refractivity contribution is 9.10. The number of tetrazole rings is 1. The van der Waals surface area contributed by atoms with Gasteiger partial charge in [0.1, 0.15) is 16.9 Å². The van der Waals surface area contributed by atoms with E-state index in [2.05, 4.69) is 41.7 Å². The molecule has 0 atom stereocenters. The molecule has 3 heterocycles. The second kappa shape index (κ2) is 5.44. The SMILES string of the molecule is [3H]n1ccc(OCc2c(-n3nnn(C)c3=O)cnnc2Br)n1. The summed E-state index contributed by atoms with van der Waals surface area (Å²) in [5, 5.41) is 19.8. The van der Waals surface area contributed by atoms with Crippen molar-refractivity contribution >= 4 is 15.9 Å². The Morgan fingerprint density at radius 3 is 3.05 bits per heavy atom. The fraction of sp³-hybridized carbons (Fsp3) is 0.200. The van der Waals surface area contributed by atoms with Crippen LogP contribution in [0.15, 0.2) is 27.9 Å². The van der Waals surface area contributed by atoms with Crippen LogP contribution in [0.4, 0.5) is 0 Å². The lowest BCUT2D eigenvalue weighted by Crippen LogP contribution is -2.23. The first kappa shape index (κ1) is 12.2. The quantitative estimate of drug-likeness (QED) is 0.690. The summed E-state index contributed by atoms with van der Waals surface area (Å²) in [4.78, 5) is 12.0. The van der Waals surface area contributed by atoms with Gasteiger partial charge in [-0.1, -0.05) is 0 Å². The molecule has 21 heavy (non-hydrogen) atoms. The van der Waals surface area contributed by atoms with E-state index >= 15 is 0 Å². The zero-order valence-corrected chi connectivity index (χ0v) is 12.3. The first-order chi connectivity index (χ1) is 10.6. The van der Waals surface area contributed by atoms with E-state index in [4.69, 9.17) is 6.15 Å². The number of aromatic amines is 1. The number of nitrogens with one attached hydrogen (secondary N) is 1. The molecule has 0 fully saturated rings. The highest BCUT2D eigenvalue weighted by Gasteiger charge is 2.16. The van der Waals surface area contributed by atoms with Crippen LogP contribution in [-0.4, -0.2) is 40.2 Å². The Bertz CT molecular complexity index is 872. The summed E-state index contributed by atoms with van der Waals surface area (Å²) in [6, 6.07) is 1.55. The Kier molecular flexibility index (Phi) is 3.16. The van der Waals surface area contributed by atoms with E-state index < -0.39 is 5.69 Å². The zero-order chi connectivity index (χ0) is 15.7. The van der Waals surface area contributed by atoms with Gasteiger partial charge in [-0.25, -0.2) is 4.79 Å². The van der Waals surface area contributed by atoms with Gasteiger partial charge in [-0.05, 0) is 26.4 Å². The van der Waals surface area contributed by atoms with Crippen molar-refractivity contribution in [3.63, 3.8) is 0 Å². The van der Waals surface area contributed by atoms with Gasteiger partial charge in [-0.3, -0.25) is 5.09 Å². The molecule has 3 aromatic rings. The van der Waals surface area contributed by atoms with Gasteiger partial charge in [-0.15, -0.1) is 10.2 Å². The van der Waals surface area contributed by atoms with Gasteiger partial charge in [0.2, 0.25) is 5.88 Å². The summed E-state index contributed by atoms with van der Waals surface area (Å²) in [7, 11) is 1.49. The minimum atomic E-state index is -0.420. The van der Waals surface area contributed by atoms with E-state index in [1.165, 1.54) is 19.4 Å². The van der Waals surface area contributed by atoms with Gasteiger partial charge >= 0.3 is 5.69 Å². The molecule has 0 aromatic carbocycles. The largest absolute Gasteiger partial charge is 0.472 e. The minimum Gasteiger partial charge on any atom is -0.472 e. The minimum absolute atomic E-state index is 0.0610. The summed E-state index contributed by atoms with van der Waals surface area (Å²) in [6.45, 7) is 0.0610. The molecule has 108 valence electrons. The Hall–Kier alpha value is -2.56. The van der Waals surface area contributed by atoms with Crippen LogP contribution in [0.1, 0.15) is 5.56 Å². The standard InChI is InChI=1S/C10H9BrN8O2/c1-18-10(20)19(17-16-18)7-4-13-15-9(11)6(7)5-21-8-2-3-12-14-8/h2-4H,5H2,1H3,(H,12,14)/i/hT. The van der Waals surface area contributed by atoms with Crippen LogP contribution in [0.5, 0.6) is 5.88 Å². The second-order valence-corrected chi connectivity index (χ2v) is 4.71. The number of ether oxygens (including phenoxy) is 1. The average molecular weight is 355 g/mol. The van der Waals surface area contributed by atoms with Gasteiger partial charge in [0.25, 0.3) is 0 Å². The molecular formula is C10H9BrN8O2. The molecule has 0 aliphatic rings. The van der Waals surface area contributed by atoms with Crippen LogP contribution in [0.3, 0.4) is 0 Å². The van der Waals surface area contributed by atoms with Crippen LogP contribution >= 0.6 is 15.9 Å². The lowest BCUT2D eigenvalue weighted by Gasteiger charge is -2.08. The summed E-state index contributed by atoms with van der Waals surface area (Å²) in [5.41, 5.74) is 0.527. The number of aryl methyl sites for hydroxylation is 1. The molecule has 1 N–H and O–H groups in total. The summed E-state index contributed by atoms with van der Waals surface area (Å²) >= 11 is 3.27. The monoisotopic (exact) mass is 354 g/mol. The van der Waals surface area contributed by atoms with Gasteiger partial charge < -0.3 is 4.74 Å². The van der Waals surface area contributed by atoms with Crippen molar-refractivity contribution in [1.82, 2.24) is 40.2 Å². The van der Waals surface area contributed by atoms with Gasteiger partial charge in [0.05, 0.1) is 11.8 Å². The maximum atomic E-state index is 12.0. The molecule has 0 aliphatic carbocycles. The van der Waals surface area contributed by atoms with Crippen LogP contribution in [0, 0.1) is 0 Å². The highest BCUT2D eigenvalue weighted by atomic mass is 79.9. The molecule has 0 aliphatic heterocycles. The molecule has 0 bridgehead atoms. The topological polar surface area (TPSA) is 116 Å². The second-order valence-electron chi connectivity index (χ2n) is 3.95. The maximum absolute atomic E-state index is 12.0. The first-order valence-electron chi connectivity index (χ1n) is 6.18. The normalized spacial score (nSPS) is 11.4. The molecule has 3 rings (SSSR count). The predicted molar refractivity (Wildman–Crippen MR) is 72.8 cm³/mol. The molecule has 0 spiro atoms. The number of nitrogens with zero attached hydrogens (tertiary/aromatic N) is 7. The van der Waals surface area contributed by atoms with Gasteiger partial charge in [0, 0.05) is 19.3 Å². The van der Waals surface area contributed by atoms with Crippen molar-refractivity contribution in [2.45, 2.75) is 6.61 Å². The van der Waals surface area contributed by atoms with E-state index in [0.29, 0.717) is 15.9 Å². The molecule has 3 aromatic heterocycles. The number of halogens is 1. The van der Waals surface area contributed by atoms with Gasteiger partial charge in [-0.2, -0.15) is 14.5 Å². The third-order valence-corrected chi connectivity index (χ3v) is 3.28. The van der Waals surface area contributed by atoms with Crippen molar-refractivity contribution in [3.05, 3.63) is 39.1 Å². The Balaban J connectivity index is 1.96. The molecule has 0 unspecified atom stereocenters. The predicted octanol–water partition coefficient (Wildman–Crippen LogP) is -0.179. The van der Waals surface area contributed by atoms with E-state index in [0.717, 1.165) is 14.5 Å². The van der Waals surface area contributed by atoms with Crippen molar-refractivity contribution in [1.29, 1.82) is 0 Å². The zero-order valence-electron chi connectivity index (χ0n) is 11.7. The molecular weight excluding hydrogens is 344 g/mol. The Morgan fingerprint density at radius 2 is 2.38 bits per heavy atom. The van der Waals surface area contributed by atoms with Gasteiger partial charge in [0.15, 0.2) is 1.41 Å². The maximum Gasteiger partial charge on any atom is 0.368 e. The van der Waals surface area contributed by atoms with Crippen LogP contribution in [0.25, 0.3) is 5.69 Å². The fourth-order valence-electron chi connectivity index (χ4n) is 1.60. The van der Waals surface area contributed by atoms with E-state index in [-0.39, 0.29) is 12.5 Å². The summed E-state index contributed by atoms with van der Waals surface area (Å²) in [6.07, 6.45) is 2.83. The van der Waals surface area contributed by atoms with Crippen molar-refractivity contribution in [2.75, 3.05) is 0 Å². The van der Waals surface area contributed by atoms with E-state index in [1.54, 1.807) is 6.07 Å². The van der Waals surface area contributed by atoms with Crippen LogP contribution in [0.2, 0.25) is 1.41 Å². The Labute approximate surface area is 127 Å². The van der Waals surface area contributed by atoms with Crippen LogP contribution < -0.4 is 10.4 Å². The smallest absolute Gasteiger partial charge is 0.368 e. The molecule has 0 saturated heterocycles. The third-order valence-electron chi connectivity index (χ3n) is 2.64. The van der Waals surface area contributed by atoms with Crippen molar-refractivity contribution in [2.24, 2.45) is 7.05 Å². The first-order valence-corrected chi connectivity index (χ1v) is 6.52. The number of hydrogen-bond acceptors (Lipinski definition) is 7. The molecule has 11 heteroatoms. The number of H-pyrrole nitrogens is 1. The van der Waals surface area contributed by atoms with E-state index in [1.807, 2.05) is 0 Å². The molecule has 0 amide bonds. The lowest BCUT2D eigenvalue weighted by molar-refractivity contribution is 0.291. The average Bonchev–Trinajstić information content (AvgIpc) is 3.05. The highest BCUT2D eigenvalue weighted by Crippen LogP contribution is 2.20.